The van der Waals surface area contributed by atoms with Crippen LogP contribution >= 0.6 is 12.4 Å². The Morgan fingerprint density at radius 1 is 1.12 bits per heavy atom. The maximum absolute atomic E-state index is 12.1. The SMILES string of the molecule is Cl.N[C@@H]1CN(CC(=O)NCC(=O)N2CCCC2)C[C@H]1c1ccccc1. The third kappa shape index (κ3) is 5.17. The van der Waals surface area contributed by atoms with E-state index in [1.54, 1.807) is 0 Å². The molecule has 7 heteroatoms. The fourth-order valence-corrected chi connectivity index (χ4v) is 3.61. The monoisotopic (exact) mass is 366 g/mol. The van der Waals surface area contributed by atoms with Crippen LogP contribution in [0.1, 0.15) is 24.3 Å². The number of amides is 2. The van der Waals surface area contributed by atoms with Gasteiger partial charge in [-0.25, -0.2) is 0 Å². The zero-order valence-electron chi connectivity index (χ0n) is 14.4. The molecule has 2 saturated heterocycles. The first-order chi connectivity index (χ1) is 11.6. The minimum Gasteiger partial charge on any atom is -0.346 e. The van der Waals surface area contributed by atoms with Crippen LogP contribution < -0.4 is 11.1 Å². The summed E-state index contributed by atoms with van der Waals surface area (Å²) in [6.45, 7) is 3.50. The molecular weight excluding hydrogens is 340 g/mol. The van der Waals surface area contributed by atoms with Crippen molar-refractivity contribution in [2.24, 2.45) is 5.73 Å². The van der Waals surface area contributed by atoms with Crippen molar-refractivity contribution >= 4 is 24.2 Å². The van der Waals surface area contributed by atoms with Crippen molar-refractivity contribution in [3.05, 3.63) is 35.9 Å². The Bertz CT molecular complexity index is 578. The van der Waals surface area contributed by atoms with Gasteiger partial charge in [-0.1, -0.05) is 30.3 Å². The number of benzene rings is 1. The molecule has 0 saturated carbocycles. The van der Waals surface area contributed by atoms with Crippen LogP contribution in [0.5, 0.6) is 0 Å². The van der Waals surface area contributed by atoms with E-state index in [2.05, 4.69) is 22.3 Å². The van der Waals surface area contributed by atoms with Crippen molar-refractivity contribution < 1.29 is 9.59 Å². The lowest BCUT2D eigenvalue weighted by molar-refractivity contribution is -0.132. The van der Waals surface area contributed by atoms with E-state index < -0.39 is 0 Å². The highest BCUT2D eigenvalue weighted by Gasteiger charge is 2.32. The van der Waals surface area contributed by atoms with Crippen LogP contribution in [0.4, 0.5) is 0 Å². The molecule has 0 unspecified atom stereocenters. The normalized spacial score (nSPS) is 23.3. The Labute approximate surface area is 155 Å². The minimum atomic E-state index is -0.108. The van der Waals surface area contributed by atoms with Gasteiger partial charge >= 0.3 is 0 Å². The van der Waals surface area contributed by atoms with Crippen molar-refractivity contribution in [3.8, 4) is 0 Å². The van der Waals surface area contributed by atoms with Crippen LogP contribution in [-0.2, 0) is 9.59 Å². The van der Waals surface area contributed by atoms with Crippen molar-refractivity contribution in [1.82, 2.24) is 15.1 Å². The van der Waals surface area contributed by atoms with Crippen LogP contribution in [-0.4, -0.2) is 66.9 Å². The molecule has 2 amide bonds. The lowest BCUT2D eigenvalue weighted by Gasteiger charge is -2.18. The molecule has 1 aromatic carbocycles. The second-order valence-electron chi connectivity index (χ2n) is 6.74. The number of hydrogen-bond donors (Lipinski definition) is 2. The first-order valence-corrected chi connectivity index (χ1v) is 8.71. The maximum Gasteiger partial charge on any atom is 0.241 e. The van der Waals surface area contributed by atoms with Gasteiger partial charge in [-0.15, -0.1) is 12.4 Å². The van der Waals surface area contributed by atoms with E-state index in [0.717, 1.165) is 32.5 Å². The predicted octanol–water partition coefficient (Wildman–Crippen LogP) is 0.574. The average molecular weight is 367 g/mol. The first-order valence-electron chi connectivity index (χ1n) is 8.71. The number of nitrogens with one attached hydrogen (secondary N) is 1. The molecule has 2 fully saturated rings. The van der Waals surface area contributed by atoms with Gasteiger partial charge in [0, 0.05) is 38.1 Å². The Balaban J connectivity index is 0.00000225. The van der Waals surface area contributed by atoms with E-state index >= 15 is 0 Å². The highest BCUT2D eigenvalue weighted by molar-refractivity contribution is 5.86. The predicted molar refractivity (Wildman–Crippen MR) is 99.7 cm³/mol. The standard InChI is InChI=1S/C18H26N4O2.ClH/c19-16-12-21(11-15(16)14-6-2-1-3-7-14)13-17(23)20-10-18(24)22-8-4-5-9-22;/h1-3,6-7,15-16H,4-5,8-13,19H2,(H,20,23);1H/t15-,16+;/m0./s1. The number of nitrogens with two attached hydrogens (primary N) is 1. The first kappa shape index (κ1) is 19.7. The van der Waals surface area contributed by atoms with Gasteiger partial charge in [0.1, 0.15) is 0 Å². The third-order valence-corrected chi connectivity index (χ3v) is 4.93. The van der Waals surface area contributed by atoms with Crippen molar-refractivity contribution in [2.75, 3.05) is 39.3 Å². The maximum atomic E-state index is 12.1. The van der Waals surface area contributed by atoms with Crippen LogP contribution in [0.2, 0.25) is 0 Å². The quantitative estimate of drug-likeness (QED) is 0.798. The van der Waals surface area contributed by atoms with E-state index in [4.69, 9.17) is 5.73 Å². The number of likely N-dealkylation sites (tertiary alicyclic amines) is 2. The molecule has 3 N–H and O–H groups in total. The lowest BCUT2D eigenvalue weighted by atomic mass is 9.95. The zero-order chi connectivity index (χ0) is 16.9. The lowest BCUT2D eigenvalue weighted by Crippen LogP contribution is -2.42. The Morgan fingerprint density at radius 2 is 1.80 bits per heavy atom. The smallest absolute Gasteiger partial charge is 0.241 e. The number of nitrogens with zero attached hydrogens (tertiary/aromatic N) is 2. The summed E-state index contributed by atoms with van der Waals surface area (Å²) < 4.78 is 0. The summed E-state index contributed by atoms with van der Waals surface area (Å²) in [6.07, 6.45) is 2.12. The molecule has 2 heterocycles. The number of hydrogen-bond acceptors (Lipinski definition) is 4. The molecule has 3 rings (SSSR count). The molecule has 0 radical (unpaired) electrons. The van der Waals surface area contributed by atoms with Gasteiger partial charge in [0.15, 0.2) is 0 Å². The van der Waals surface area contributed by atoms with Crippen molar-refractivity contribution in [3.63, 3.8) is 0 Å². The fraction of sp³-hybridized carbons (Fsp3) is 0.556. The summed E-state index contributed by atoms with van der Waals surface area (Å²) in [7, 11) is 0. The number of carbonyl (C=O) groups excluding carboxylic acids is 2. The average Bonchev–Trinajstić information content (AvgIpc) is 3.23. The molecule has 0 spiro atoms. The fourth-order valence-electron chi connectivity index (χ4n) is 3.61. The van der Waals surface area contributed by atoms with Gasteiger partial charge in [0.05, 0.1) is 13.1 Å². The second kappa shape index (κ2) is 9.17. The summed E-state index contributed by atoms with van der Waals surface area (Å²) in [5, 5.41) is 2.74. The minimum absolute atomic E-state index is 0. The summed E-state index contributed by atoms with van der Waals surface area (Å²) in [5.41, 5.74) is 7.47. The van der Waals surface area contributed by atoms with E-state index in [-0.39, 0.29) is 42.7 Å². The molecule has 25 heavy (non-hydrogen) atoms. The molecule has 0 bridgehead atoms. The molecule has 2 atom stereocenters. The van der Waals surface area contributed by atoms with Crippen molar-refractivity contribution in [1.29, 1.82) is 0 Å². The highest BCUT2D eigenvalue weighted by Crippen LogP contribution is 2.25. The summed E-state index contributed by atoms with van der Waals surface area (Å²) in [6, 6.07) is 10.2. The molecular formula is C18H27ClN4O2. The summed E-state index contributed by atoms with van der Waals surface area (Å²) >= 11 is 0. The zero-order valence-corrected chi connectivity index (χ0v) is 15.2. The number of rotatable bonds is 5. The Kier molecular flexibility index (Phi) is 7.23. The van der Waals surface area contributed by atoms with Gasteiger partial charge in [-0.2, -0.15) is 0 Å². The molecule has 0 aliphatic carbocycles. The van der Waals surface area contributed by atoms with Gasteiger partial charge in [-0.3, -0.25) is 14.5 Å². The van der Waals surface area contributed by atoms with Gasteiger partial charge in [0.25, 0.3) is 0 Å². The Hall–Kier alpha value is -1.63. The Morgan fingerprint density at radius 3 is 2.48 bits per heavy atom. The molecule has 2 aliphatic rings. The molecule has 2 aliphatic heterocycles. The van der Waals surface area contributed by atoms with E-state index in [9.17, 15) is 9.59 Å². The number of halogens is 1. The molecule has 0 aromatic heterocycles. The third-order valence-electron chi connectivity index (χ3n) is 4.93. The summed E-state index contributed by atoms with van der Waals surface area (Å²) in [4.78, 5) is 27.9. The topological polar surface area (TPSA) is 78.7 Å². The van der Waals surface area contributed by atoms with Crippen LogP contribution in [0, 0.1) is 0 Å². The van der Waals surface area contributed by atoms with Crippen LogP contribution in [0.3, 0.4) is 0 Å². The largest absolute Gasteiger partial charge is 0.346 e. The van der Waals surface area contributed by atoms with Gasteiger partial charge < -0.3 is 16.0 Å². The van der Waals surface area contributed by atoms with E-state index in [1.807, 2.05) is 23.1 Å². The second-order valence-corrected chi connectivity index (χ2v) is 6.74. The van der Waals surface area contributed by atoms with Crippen LogP contribution in [0.25, 0.3) is 0 Å². The van der Waals surface area contributed by atoms with Crippen molar-refractivity contribution in [2.45, 2.75) is 24.8 Å². The van der Waals surface area contributed by atoms with Gasteiger partial charge in [0.2, 0.25) is 11.8 Å². The number of carbonyl (C=O) groups is 2. The molecule has 138 valence electrons. The molecule has 1 aromatic rings. The van der Waals surface area contributed by atoms with E-state index in [1.165, 1.54) is 5.56 Å². The van der Waals surface area contributed by atoms with Crippen LogP contribution in [0.15, 0.2) is 30.3 Å². The van der Waals surface area contributed by atoms with E-state index in [0.29, 0.717) is 13.1 Å². The van der Waals surface area contributed by atoms with Gasteiger partial charge in [-0.05, 0) is 18.4 Å². The summed E-state index contributed by atoms with van der Waals surface area (Å²) in [5.74, 6) is 0.162. The highest BCUT2D eigenvalue weighted by atomic mass is 35.5. The molecule has 6 nitrogen and oxygen atoms in total.